The van der Waals surface area contributed by atoms with E-state index in [2.05, 4.69) is 0 Å². The fraction of sp³-hybridized carbons (Fsp3) is 0. The van der Waals surface area contributed by atoms with Gasteiger partial charge in [0.2, 0.25) is 0 Å². The van der Waals surface area contributed by atoms with E-state index in [-0.39, 0.29) is 19.6 Å². The summed E-state index contributed by atoms with van der Waals surface area (Å²) in [5.74, 6) is 0. The van der Waals surface area contributed by atoms with Gasteiger partial charge in [-0.05, 0) is 0 Å². The predicted octanol–water partition coefficient (Wildman–Crippen LogP) is -0.654. The lowest BCUT2D eigenvalue weighted by Crippen LogP contribution is -1.66. The van der Waals surface area contributed by atoms with Crippen LogP contribution in [0.2, 0.25) is 0 Å². The summed E-state index contributed by atoms with van der Waals surface area (Å²) in [5.41, 5.74) is 0. The van der Waals surface area contributed by atoms with Gasteiger partial charge in [0.05, 0.1) is 0 Å². The highest BCUT2D eigenvalue weighted by Crippen LogP contribution is 2.25. The predicted molar refractivity (Wildman–Crippen MR) is 29.7 cm³/mol. The summed E-state index contributed by atoms with van der Waals surface area (Å²) in [6.45, 7) is 0. The summed E-state index contributed by atoms with van der Waals surface area (Å²) < 4.78 is 8.88. The summed E-state index contributed by atoms with van der Waals surface area (Å²) in [5, 5.41) is 0. The maximum absolute atomic E-state index is 8.88. The summed E-state index contributed by atoms with van der Waals surface area (Å²) in [6.07, 6.45) is 0. The SMILES string of the molecule is N.O=P(O)(O)O.S. The molecule has 0 aliphatic rings. The fourth-order valence-electron chi connectivity index (χ4n) is 0. The molecular weight excluding hydrogens is 141 g/mol. The first-order valence-corrected chi connectivity index (χ1v) is 2.35. The molecule has 6 N–H and O–H groups in total. The van der Waals surface area contributed by atoms with Crippen molar-refractivity contribution >= 4 is 21.3 Å². The summed E-state index contributed by atoms with van der Waals surface area (Å²) in [7, 11) is -4.64. The topological polar surface area (TPSA) is 113 Å². The molecule has 0 aliphatic carbocycles. The molecule has 0 aromatic carbocycles. The molecule has 48 valence electrons. The highest BCUT2D eigenvalue weighted by molar-refractivity contribution is 7.59. The first-order chi connectivity index (χ1) is 2.00. The molecule has 0 rings (SSSR count). The Morgan fingerprint density at radius 3 is 1.14 bits per heavy atom. The largest absolute Gasteiger partial charge is 0.466 e. The molecule has 0 spiro atoms. The van der Waals surface area contributed by atoms with Gasteiger partial charge >= 0.3 is 7.82 Å². The van der Waals surface area contributed by atoms with Gasteiger partial charge in [0.1, 0.15) is 0 Å². The van der Waals surface area contributed by atoms with Crippen molar-refractivity contribution in [1.29, 1.82) is 0 Å². The van der Waals surface area contributed by atoms with Gasteiger partial charge in [-0.3, -0.25) is 0 Å². The molecule has 0 fully saturated rings. The molecule has 7 heavy (non-hydrogen) atoms. The van der Waals surface area contributed by atoms with Gasteiger partial charge in [-0.25, -0.2) is 4.57 Å². The van der Waals surface area contributed by atoms with Gasteiger partial charge in [0.15, 0.2) is 0 Å². The van der Waals surface area contributed by atoms with Crippen molar-refractivity contribution < 1.29 is 19.2 Å². The lowest BCUT2D eigenvalue weighted by Gasteiger charge is -1.82. The van der Waals surface area contributed by atoms with E-state index >= 15 is 0 Å². The minimum Gasteiger partial charge on any atom is -0.344 e. The van der Waals surface area contributed by atoms with Crippen molar-refractivity contribution in [2.45, 2.75) is 0 Å². The van der Waals surface area contributed by atoms with E-state index in [0.717, 1.165) is 0 Å². The van der Waals surface area contributed by atoms with Gasteiger partial charge < -0.3 is 20.8 Å². The van der Waals surface area contributed by atoms with E-state index in [9.17, 15) is 0 Å². The Hall–Kier alpha value is 0.420. The molecule has 0 aromatic heterocycles. The van der Waals surface area contributed by atoms with Crippen LogP contribution < -0.4 is 6.15 Å². The maximum atomic E-state index is 8.88. The molecule has 0 saturated carbocycles. The van der Waals surface area contributed by atoms with E-state index in [1.54, 1.807) is 0 Å². The third-order valence-electron chi connectivity index (χ3n) is 0. The Labute approximate surface area is 47.6 Å². The molecule has 0 radical (unpaired) electrons. The smallest absolute Gasteiger partial charge is 0.344 e. The van der Waals surface area contributed by atoms with Gasteiger partial charge in [-0.1, -0.05) is 0 Å². The molecule has 7 heteroatoms. The first kappa shape index (κ1) is 15.7. The Kier molecular flexibility index (Phi) is 10.2. The Bertz CT molecular complexity index is 57.8. The van der Waals surface area contributed by atoms with Crippen LogP contribution in [0.3, 0.4) is 0 Å². The van der Waals surface area contributed by atoms with Crippen LogP contribution in [0.25, 0.3) is 0 Å². The van der Waals surface area contributed by atoms with Crippen molar-refractivity contribution in [3.63, 3.8) is 0 Å². The zero-order valence-corrected chi connectivity index (χ0v) is 5.30. The van der Waals surface area contributed by atoms with Crippen molar-refractivity contribution in [3.8, 4) is 0 Å². The van der Waals surface area contributed by atoms with Crippen LogP contribution in [-0.2, 0) is 4.57 Å². The quantitative estimate of drug-likeness (QED) is 0.342. The molecule has 0 saturated heterocycles. The van der Waals surface area contributed by atoms with Gasteiger partial charge in [0.25, 0.3) is 0 Å². The van der Waals surface area contributed by atoms with Crippen LogP contribution in [0.5, 0.6) is 0 Å². The van der Waals surface area contributed by atoms with Crippen LogP contribution in [0.4, 0.5) is 0 Å². The Balaban J connectivity index is -0.0000000800. The van der Waals surface area contributed by atoms with E-state index in [0.29, 0.717) is 0 Å². The minimum atomic E-state index is -4.64. The fourth-order valence-corrected chi connectivity index (χ4v) is 0. The monoisotopic (exact) mass is 149 g/mol. The second-order valence-electron chi connectivity index (χ2n) is 0.513. The average molecular weight is 149 g/mol. The molecular formula is H8NO4PS. The van der Waals surface area contributed by atoms with E-state index in [1.807, 2.05) is 0 Å². The number of hydrogen-bond acceptors (Lipinski definition) is 2. The van der Waals surface area contributed by atoms with Crippen LogP contribution in [0.1, 0.15) is 0 Å². The number of hydrogen-bond donors (Lipinski definition) is 4. The van der Waals surface area contributed by atoms with Gasteiger partial charge in [-0.2, -0.15) is 13.5 Å². The van der Waals surface area contributed by atoms with Crippen molar-refractivity contribution in [3.05, 3.63) is 0 Å². The second-order valence-corrected chi connectivity index (χ2v) is 1.54. The molecule has 0 aliphatic heterocycles. The average Bonchev–Trinajstić information content (AvgIpc) is 0.722. The summed E-state index contributed by atoms with van der Waals surface area (Å²) in [6, 6.07) is 0. The third kappa shape index (κ3) is 711. The second kappa shape index (κ2) is 4.58. The van der Waals surface area contributed by atoms with Crippen LogP contribution in [0, 0.1) is 0 Å². The standard InChI is InChI=1S/H3N.H3O4P.H2S/c;1-5(2,3)4;/h1H3;(H3,1,2,3,4);1H2. The molecule has 0 heterocycles. The zero-order chi connectivity index (χ0) is 4.50. The van der Waals surface area contributed by atoms with E-state index < -0.39 is 7.82 Å². The molecule has 0 atom stereocenters. The van der Waals surface area contributed by atoms with Crippen molar-refractivity contribution in [2.75, 3.05) is 0 Å². The van der Waals surface area contributed by atoms with Gasteiger partial charge in [-0.15, -0.1) is 0 Å². The third-order valence-corrected chi connectivity index (χ3v) is 0. The van der Waals surface area contributed by atoms with E-state index in [4.69, 9.17) is 19.2 Å². The lowest BCUT2D eigenvalue weighted by atomic mass is 14.0. The first-order valence-electron chi connectivity index (χ1n) is 0.783. The van der Waals surface area contributed by atoms with Crippen molar-refractivity contribution in [2.24, 2.45) is 0 Å². The number of phosphoric acid groups is 1. The lowest BCUT2D eigenvalue weighted by molar-refractivity contribution is 0.275. The van der Waals surface area contributed by atoms with Gasteiger partial charge in [0, 0.05) is 0 Å². The van der Waals surface area contributed by atoms with Crippen LogP contribution >= 0.6 is 21.3 Å². The summed E-state index contributed by atoms with van der Waals surface area (Å²) in [4.78, 5) is 21.6. The molecule has 0 amide bonds. The highest BCUT2D eigenvalue weighted by Gasteiger charge is 2.00. The highest BCUT2D eigenvalue weighted by atomic mass is 32.1. The molecule has 0 bridgehead atoms. The minimum absolute atomic E-state index is 0. The molecule has 5 nitrogen and oxygen atoms in total. The van der Waals surface area contributed by atoms with E-state index in [1.165, 1.54) is 0 Å². The van der Waals surface area contributed by atoms with Crippen LogP contribution in [0.15, 0.2) is 0 Å². The molecule has 0 aromatic rings. The zero-order valence-electron chi connectivity index (χ0n) is 3.40. The summed E-state index contributed by atoms with van der Waals surface area (Å²) >= 11 is 0. The van der Waals surface area contributed by atoms with Crippen molar-refractivity contribution in [1.82, 2.24) is 6.15 Å². The normalized spacial score (nSPS) is 8.43. The van der Waals surface area contributed by atoms with Crippen LogP contribution in [-0.4, -0.2) is 14.7 Å². The Morgan fingerprint density at radius 2 is 1.14 bits per heavy atom. The Morgan fingerprint density at radius 1 is 1.14 bits per heavy atom. The maximum Gasteiger partial charge on any atom is 0.466 e. The number of rotatable bonds is 0. The molecule has 0 unspecified atom stereocenters.